The molecule has 0 aliphatic carbocycles. The van der Waals surface area contributed by atoms with Gasteiger partial charge < -0.3 is 4.74 Å². The summed E-state index contributed by atoms with van der Waals surface area (Å²) in [7, 11) is 0.151. The molecule has 0 aliphatic heterocycles. The molecule has 1 rings (SSSR count). The molecule has 0 heterocycles. The lowest BCUT2D eigenvalue weighted by Crippen LogP contribution is -2.37. The molecular formula is C14H22O2SSi. The number of methoxy groups -OCH3 is 1. The Kier molecular flexibility index (Phi) is 5.05. The highest BCUT2D eigenvalue weighted by Crippen LogP contribution is 2.30. The fraction of sp³-hybridized carbons (Fsp3) is 0.500. The summed E-state index contributed by atoms with van der Waals surface area (Å²) in [6.45, 7) is 9.06. The third-order valence-corrected chi connectivity index (χ3v) is 6.03. The second-order valence-electron chi connectivity index (χ2n) is 5.46. The van der Waals surface area contributed by atoms with Gasteiger partial charge in [-0.05, 0) is 24.3 Å². The quantitative estimate of drug-likeness (QED) is 0.627. The zero-order valence-electron chi connectivity index (χ0n) is 12.0. The highest BCUT2D eigenvalue weighted by molar-refractivity contribution is 7.99. The van der Waals surface area contributed by atoms with Gasteiger partial charge in [-0.2, -0.15) is 0 Å². The van der Waals surface area contributed by atoms with Gasteiger partial charge in [0.2, 0.25) is 0 Å². The smallest absolute Gasteiger partial charge is 0.323 e. The Balaban J connectivity index is 3.16. The maximum Gasteiger partial charge on any atom is 0.323 e. The van der Waals surface area contributed by atoms with E-state index in [1.807, 2.05) is 6.26 Å². The second kappa shape index (κ2) is 5.93. The number of carbonyl (C=O) groups excluding carboxylic acids is 1. The summed E-state index contributed by atoms with van der Waals surface area (Å²) < 4.78 is 4.86. The van der Waals surface area contributed by atoms with Crippen LogP contribution in [0.1, 0.15) is 16.4 Å². The van der Waals surface area contributed by atoms with Gasteiger partial charge in [-0.1, -0.05) is 43.0 Å². The van der Waals surface area contributed by atoms with Crippen molar-refractivity contribution in [2.24, 2.45) is 0 Å². The molecule has 0 amide bonds. The number of aryl methyl sites for hydroxylation is 1. The molecule has 0 aromatic heterocycles. The molecule has 1 aromatic carbocycles. The SMILES string of the molecule is COC(=O)C(SC)c1ccc([Si](C)(C)C)cc1C. The molecular weight excluding hydrogens is 260 g/mol. The van der Waals surface area contributed by atoms with E-state index in [1.165, 1.54) is 29.6 Å². The first-order valence-corrected chi connectivity index (χ1v) is 10.8. The first kappa shape index (κ1) is 15.3. The Morgan fingerprint density at radius 1 is 1.33 bits per heavy atom. The number of carbonyl (C=O) groups is 1. The van der Waals surface area contributed by atoms with Gasteiger partial charge in [0.15, 0.2) is 0 Å². The number of rotatable bonds is 4. The Bertz CT molecular complexity index is 438. The maximum atomic E-state index is 11.7. The minimum atomic E-state index is -1.29. The fourth-order valence-corrected chi connectivity index (χ4v) is 3.93. The Morgan fingerprint density at radius 2 is 1.94 bits per heavy atom. The topological polar surface area (TPSA) is 26.3 Å². The lowest BCUT2D eigenvalue weighted by atomic mass is 10.1. The summed E-state index contributed by atoms with van der Waals surface area (Å²) in [5.41, 5.74) is 2.25. The van der Waals surface area contributed by atoms with Crippen molar-refractivity contribution in [3.63, 3.8) is 0 Å². The van der Waals surface area contributed by atoms with Crippen LogP contribution in [0, 0.1) is 6.92 Å². The molecule has 18 heavy (non-hydrogen) atoms. The van der Waals surface area contributed by atoms with Crippen LogP contribution in [0.2, 0.25) is 19.6 Å². The van der Waals surface area contributed by atoms with Gasteiger partial charge in [0.1, 0.15) is 5.25 Å². The first-order chi connectivity index (χ1) is 8.31. The Morgan fingerprint density at radius 3 is 2.33 bits per heavy atom. The highest BCUT2D eigenvalue weighted by atomic mass is 32.2. The lowest BCUT2D eigenvalue weighted by molar-refractivity contribution is -0.140. The molecule has 4 heteroatoms. The van der Waals surface area contributed by atoms with Crippen molar-refractivity contribution in [1.29, 1.82) is 0 Å². The van der Waals surface area contributed by atoms with Crippen LogP contribution in [0.5, 0.6) is 0 Å². The number of thioether (sulfide) groups is 1. The van der Waals surface area contributed by atoms with Crippen LogP contribution >= 0.6 is 11.8 Å². The van der Waals surface area contributed by atoms with Crippen molar-refractivity contribution in [2.45, 2.75) is 31.8 Å². The van der Waals surface area contributed by atoms with Crippen molar-refractivity contribution in [3.8, 4) is 0 Å². The fourth-order valence-electron chi connectivity index (χ4n) is 1.89. The van der Waals surface area contributed by atoms with Gasteiger partial charge in [0.05, 0.1) is 15.2 Å². The van der Waals surface area contributed by atoms with E-state index in [0.717, 1.165) is 5.56 Å². The van der Waals surface area contributed by atoms with Gasteiger partial charge in [-0.15, -0.1) is 11.8 Å². The van der Waals surface area contributed by atoms with Crippen molar-refractivity contribution >= 4 is 31.0 Å². The van der Waals surface area contributed by atoms with E-state index >= 15 is 0 Å². The molecule has 0 fully saturated rings. The zero-order valence-corrected chi connectivity index (χ0v) is 13.9. The van der Waals surface area contributed by atoms with Crippen molar-refractivity contribution in [2.75, 3.05) is 13.4 Å². The van der Waals surface area contributed by atoms with Crippen LogP contribution in [-0.4, -0.2) is 27.4 Å². The molecule has 0 bridgehead atoms. The molecule has 2 nitrogen and oxygen atoms in total. The summed E-state index contributed by atoms with van der Waals surface area (Å²) >= 11 is 1.52. The summed E-state index contributed by atoms with van der Waals surface area (Å²) in [4.78, 5) is 11.7. The maximum absolute atomic E-state index is 11.7. The van der Waals surface area contributed by atoms with Crippen LogP contribution in [0.15, 0.2) is 18.2 Å². The summed E-state index contributed by atoms with van der Waals surface area (Å²) in [5.74, 6) is -0.175. The van der Waals surface area contributed by atoms with Crippen molar-refractivity contribution in [3.05, 3.63) is 29.3 Å². The second-order valence-corrected chi connectivity index (χ2v) is 11.5. The van der Waals surface area contributed by atoms with Crippen LogP contribution in [-0.2, 0) is 9.53 Å². The van der Waals surface area contributed by atoms with Gasteiger partial charge in [-0.3, -0.25) is 4.79 Å². The summed E-state index contributed by atoms with van der Waals surface area (Å²) in [5, 5.41) is 1.21. The Labute approximate surface area is 115 Å². The van der Waals surface area contributed by atoms with Crippen LogP contribution in [0.3, 0.4) is 0 Å². The molecule has 100 valence electrons. The normalized spacial score (nSPS) is 13.2. The Hall–Kier alpha value is -0.743. The molecule has 0 N–H and O–H groups in total. The number of ether oxygens (including phenoxy) is 1. The molecule has 1 aromatic rings. The number of hydrogen-bond acceptors (Lipinski definition) is 3. The zero-order chi connectivity index (χ0) is 13.9. The third-order valence-electron chi connectivity index (χ3n) is 3.07. The van der Waals surface area contributed by atoms with E-state index in [0.29, 0.717) is 0 Å². The molecule has 1 unspecified atom stereocenters. The van der Waals surface area contributed by atoms with Crippen LogP contribution in [0.25, 0.3) is 0 Å². The van der Waals surface area contributed by atoms with Crippen molar-refractivity contribution < 1.29 is 9.53 Å². The van der Waals surface area contributed by atoms with Gasteiger partial charge in [-0.25, -0.2) is 0 Å². The van der Waals surface area contributed by atoms with E-state index in [-0.39, 0.29) is 11.2 Å². The van der Waals surface area contributed by atoms with E-state index in [4.69, 9.17) is 4.74 Å². The average molecular weight is 282 g/mol. The van der Waals surface area contributed by atoms with E-state index in [2.05, 4.69) is 44.8 Å². The van der Waals surface area contributed by atoms with E-state index in [1.54, 1.807) is 0 Å². The minimum Gasteiger partial charge on any atom is -0.468 e. The standard InChI is InChI=1S/C14H22O2SSi/c1-10-9-11(18(4,5)6)7-8-12(10)13(17-3)14(15)16-2/h7-9,13H,1-6H3. The predicted molar refractivity (Wildman–Crippen MR) is 82.4 cm³/mol. The highest BCUT2D eigenvalue weighted by Gasteiger charge is 2.23. The summed E-state index contributed by atoms with van der Waals surface area (Å²) in [6, 6.07) is 6.48. The lowest BCUT2D eigenvalue weighted by Gasteiger charge is -2.20. The van der Waals surface area contributed by atoms with Gasteiger partial charge in [0, 0.05) is 0 Å². The molecule has 0 saturated heterocycles. The monoisotopic (exact) mass is 282 g/mol. The molecule has 1 atom stereocenters. The molecule has 0 saturated carbocycles. The number of hydrogen-bond donors (Lipinski definition) is 0. The minimum absolute atomic E-state index is 0.175. The van der Waals surface area contributed by atoms with E-state index < -0.39 is 8.07 Å². The van der Waals surface area contributed by atoms with E-state index in [9.17, 15) is 4.79 Å². The largest absolute Gasteiger partial charge is 0.468 e. The summed E-state index contributed by atoms with van der Waals surface area (Å²) in [6.07, 6.45) is 1.94. The third kappa shape index (κ3) is 3.39. The molecule has 0 radical (unpaired) electrons. The van der Waals surface area contributed by atoms with Crippen molar-refractivity contribution in [1.82, 2.24) is 0 Å². The van der Waals surface area contributed by atoms with Gasteiger partial charge >= 0.3 is 5.97 Å². The van der Waals surface area contributed by atoms with Crippen LogP contribution < -0.4 is 5.19 Å². The number of esters is 1. The average Bonchev–Trinajstić information content (AvgIpc) is 2.30. The first-order valence-electron chi connectivity index (χ1n) is 6.03. The van der Waals surface area contributed by atoms with Gasteiger partial charge in [0.25, 0.3) is 0 Å². The molecule has 0 aliphatic rings. The predicted octanol–water partition coefficient (Wildman–Crippen LogP) is 3.12. The number of benzene rings is 1. The van der Waals surface area contributed by atoms with Crippen LogP contribution in [0.4, 0.5) is 0 Å². The molecule has 0 spiro atoms.